The molecule has 1 aromatic rings. The summed E-state index contributed by atoms with van der Waals surface area (Å²) in [6.45, 7) is 2.40. The van der Waals surface area contributed by atoms with Gasteiger partial charge < -0.3 is 5.32 Å². The van der Waals surface area contributed by atoms with E-state index in [1.807, 2.05) is 6.92 Å². The van der Waals surface area contributed by atoms with Gasteiger partial charge in [-0.15, -0.1) is 12.3 Å². The van der Waals surface area contributed by atoms with Gasteiger partial charge in [0.1, 0.15) is 0 Å². The van der Waals surface area contributed by atoms with Crippen LogP contribution >= 0.6 is 0 Å². The van der Waals surface area contributed by atoms with Gasteiger partial charge in [0.05, 0.1) is 5.56 Å². The van der Waals surface area contributed by atoms with Gasteiger partial charge in [0.15, 0.2) is 0 Å². The lowest BCUT2D eigenvalue weighted by Gasteiger charge is -2.02. The van der Waals surface area contributed by atoms with Crippen molar-refractivity contribution in [3.8, 4) is 12.3 Å². The molecule has 0 spiro atoms. The van der Waals surface area contributed by atoms with E-state index in [4.69, 9.17) is 6.42 Å². The molecule has 0 fully saturated rings. The van der Waals surface area contributed by atoms with Crippen molar-refractivity contribution in [2.24, 2.45) is 0 Å². The average molecular weight is 188 g/mol. The van der Waals surface area contributed by atoms with Crippen LogP contribution in [0.1, 0.15) is 22.3 Å². The van der Waals surface area contributed by atoms with E-state index in [-0.39, 0.29) is 5.91 Å². The molecular formula is C11H12N2O. The Morgan fingerprint density at radius 1 is 1.64 bits per heavy atom. The third-order valence-electron chi connectivity index (χ3n) is 1.69. The Kier molecular flexibility index (Phi) is 3.69. The van der Waals surface area contributed by atoms with Gasteiger partial charge in [0, 0.05) is 25.4 Å². The van der Waals surface area contributed by atoms with Crippen LogP contribution < -0.4 is 5.32 Å². The first-order valence-electron chi connectivity index (χ1n) is 4.37. The largest absolute Gasteiger partial charge is 0.351 e. The summed E-state index contributed by atoms with van der Waals surface area (Å²) in [6, 6.07) is 1.79. The van der Waals surface area contributed by atoms with Crippen LogP contribution in [0.25, 0.3) is 0 Å². The molecule has 0 saturated heterocycles. The second-order valence-corrected chi connectivity index (χ2v) is 2.96. The van der Waals surface area contributed by atoms with E-state index in [9.17, 15) is 4.79 Å². The van der Waals surface area contributed by atoms with E-state index in [0.717, 1.165) is 5.56 Å². The molecule has 0 bridgehead atoms. The molecule has 1 N–H and O–H groups in total. The fourth-order valence-electron chi connectivity index (χ4n) is 1.03. The third-order valence-corrected chi connectivity index (χ3v) is 1.69. The summed E-state index contributed by atoms with van der Waals surface area (Å²) in [5.74, 6) is 2.33. The van der Waals surface area contributed by atoms with Crippen LogP contribution in [-0.2, 0) is 0 Å². The minimum absolute atomic E-state index is 0.128. The number of terminal acetylenes is 1. The molecule has 72 valence electrons. The second-order valence-electron chi connectivity index (χ2n) is 2.96. The summed E-state index contributed by atoms with van der Waals surface area (Å²) in [7, 11) is 0. The Hall–Kier alpha value is -1.82. The normalized spacial score (nSPS) is 9.14. The summed E-state index contributed by atoms with van der Waals surface area (Å²) < 4.78 is 0. The lowest BCUT2D eigenvalue weighted by molar-refractivity contribution is 0.0954. The van der Waals surface area contributed by atoms with Crippen molar-refractivity contribution in [3.63, 3.8) is 0 Å². The molecule has 0 atom stereocenters. The topological polar surface area (TPSA) is 42.0 Å². The molecule has 1 amide bonds. The van der Waals surface area contributed by atoms with Gasteiger partial charge in [-0.25, -0.2) is 0 Å². The molecular weight excluding hydrogens is 176 g/mol. The Labute approximate surface area is 83.6 Å². The van der Waals surface area contributed by atoms with Crippen LogP contribution in [0.5, 0.6) is 0 Å². The molecule has 14 heavy (non-hydrogen) atoms. The van der Waals surface area contributed by atoms with Gasteiger partial charge in [-0.05, 0) is 18.6 Å². The molecule has 1 heterocycles. The number of rotatable bonds is 3. The predicted octanol–water partition coefficient (Wildman–Crippen LogP) is 1.14. The minimum Gasteiger partial charge on any atom is -0.351 e. The van der Waals surface area contributed by atoms with Gasteiger partial charge in [-0.3, -0.25) is 9.78 Å². The summed E-state index contributed by atoms with van der Waals surface area (Å²) >= 11 is 0. The van der Waals surface area contributed by atoms with E-state index < -0.39 is 0 Å². The number of amides is 1. The highest BCUT2D eigenvalue weighted by Crippen LogP contribution is 2.00. The van der Waals surface area contributed by atoms with E-state index in [2.05, 4.69) is 16.2 Å². The maximum Gasteiger partial charge on any atom is 0.252 e. The van der Waals surface area contributed by atoms with Crippen molar-refractivity contribution in [2.75, 3.05) is 6.54 Å². The van der Waals surface area contributed by atoms with Crippen LogP contribution in [-0.4, -0.2) is 17.4 Å². The smallest absolute Gasteiger partial charge is 0.252 e. The Morgan fingerprint density at radius 2 is 2.43 bits per heavy atom. The van der Waals surface area contributed by atoms with Crippen molar-refractivity contribution in [1.29, 1.82) is 0 Å². The van der Waals surface area contributed by atoms with Crippen molar-refractivity contribution in [1.82, 2.24) is 10.3 Å². The lowest BCUT2D eigenvalue weighted by atomic mass is 10.2. The summed E-state index contributed by atoms with van der Waals surface area (Å²) in [4.78, 5) is 15.4. The van der Waals surface area contributed by atoms with E-state index in [0.29, 0.717) is 18.5 Å². The number of nitrogens with zero attached hydrogens (tertiary/aromatic N) is 1. The fourth-order valence-corrected chi connectivity index (χ4v) is 1.03. The highest BCUT2D eigenvalue weighted by Gasteiger charge is 2.03. The van der Waals surface area contributed by atoms with Gasteiger partial charge >= 0.3 is 0 Å². The fraction of sp³-hybridized carbons (Fsp3) is 0.273. The summed E-state index contributed by atoms with van der Waals surface area (Å²) in [6.07, 6.45) is 8.86. The number of nitrogens with one attached hydrogen (secondary N) is 1. The van der Waals surface area contributed by atoms with Crippen LogP contribution in [0.15, 0.2) is 18.5 Å². The number of aromatic nitrogens is 1. The van der Waals surface area contributed by atoms with Crippen LogP contribution in [0.3, 0.4) is 0 Å². The van der Waals surface area contributed by atoms with Crippen LogP contribution in [0, 0.1) is 19.3 Å². The maximum absolute atomic E-state index is 11.5. The first-order chi connectivity index (χ1) is 6.74. The monoisotopic (exact) mass is 188 g/mol. The molecule has 1 rings (SSSR count). The van der Waals surface area contributed by atoms with Crippen molar-refractivity contribution >= 4 is 5.91 Å². The highest BCUT2D eigenvalue weighted by atomic mass is 16.1. The Morgan fingerprint density at radius 3 is 3.07 bits per heavy atom. The van der Waals surface area contributed by atoms with E-state index in [1.165, 1.54) is 6.20 Å². The number of hydrogen-bond donors (Lipinski definition) is 1. The maximum atomic E-state index is 11.5. The first kappa shape index (κ1) is 10.3. The number of pyridine rings is 1. The molecule has 3 heteroatoms. The van der Waals surface area contributed by atoms with Crippen LogP contribution in [0.4, 0.5) is 0 Å². The van der Waals surface area contributed by atoms with Gasteiger partial charge in [-0.1, -0.05) is 0 Å². The zero-order chi connectivity index (χ0) is 10.4. The first-order valence-corrected chi connectivity index (χ1v) is 4.37. The molecule has 0 saturated carbocycles. The number of aryl methyl sites for hydroxylation is 1. The quantitative estimate of drug-likeness (QED) is 0.571. The molecule has 0 radical (unpaired) electrons. The highest BCUT2D eigenvalue weighted by molar-refractivity contribution is 5.93. The summed E-state index contributed by atoms with van der Waals surface area (Å²) in [5, 5.41) is 2.71. The molecule has 0 unspecified atom stereocenters. The average Bonchev–Trinajstić information content (AvgIpc) is 2.18. The second kappa shape index (κ2) is 5.03. The number of carbonyl (C=O) groups is 1. The molecule has 1 aromatic heterocycles. The van der Waals surface area contributed by atoms with Crippen molar-refractivity contribution in [3.05, 3.63) is 29.6 Å². The van der Waals surface area contributed by atoms with E-state index >= 15 is 0 Å². The molecule has 3 nitrogen and oxygen atoms in total. The minimum atomic E-state index is -0.128. The molecule has 0 aliphatic heterocycles. The lowest BCUT2D eigenvalue weighted by Crippen LogP contribution is -2.24. The third kappa shape index (κ3) is 2.91. The van der Waals surface area contributed by atoms with Gasteiger partial charge in [-0.2, -0.15) is 0 Å². The van der Waals surface area contributed by atoms with Gasteiger partial charge in [0.25, 0.3) is 5.91 Å². The SMILES string of the molecule is C#CCCNC(=O)c1cncc(C)c1. The zero-order valence-corrected chi connectivity index (χ0v) is 8.08. The summed E-state index contributed by atoms with van der Waals surface area (Å²) in [5.41, 5.74) is 1.54. The number of carbonyl (C=O) groups excluding carboxylic acids is 1. The van der Waals surface area contributed by atoms with Gasteiger partial charge in [0.2, 0.25) is 0 Å². The van der Waals surface area contributed by atoms with Crippen molar-refractivity contribution in [2.45, 2.75) is 13.3 Å². The Bertz CT molecular complexity index is 366. The molecule has 0 aliphatic carbocycles. The van der Waals surface area contributed by atoms with E-state index in [1.54, 1.807) is 12.3 Å². The predicted molar refractivity (Wildman–Crippen MR) is 54.8 cm³/mol. The standard InChI is InChI=1S/C11H12N2O/c1-3-4-5-13-11(14)10-6-9(2)7-12-8-10/h1,6-8H,4-5H2,2H3,(H,13,14). The Balaban J connectivity index is 2.57. The van der Waals surface area contributed by atoms with Crippen molar-refractivity contribution < 1.29 is 4.79 Å². The number of hydrogen-bond acceptors (Lipinski definition) is 2. The zero-order valence-electron chi connectivity index (χ0n) is 8.08. The van der Waals surface area contributed by atoms with Crippen LogP contribution in [0.2, 0.25) is 0 Å². The molecule has 0 aromatic carbocycles. The molecule has 0 aliphatic rings.